The molecule has 0 radical (unpaired) electrons. The van der Waals surface area contributed by atoms with E-state index in [9.17, 15) is 30.0 Å². The van der Waals surface area contributed by atoms with Crippen LogP contribution in [0.4, 0.5) is 0 Å². The summed E-state index contributed by atoms with van der Waals surface area (Å²) in [6, 6.07) is 29.6. The second-order valence-corrected chi connectivity index (χ2v) is 10.4. The van der Waals surface area contributed by atoms with E-state index in [2.05, 4.69) is 10.6 Å². The third-order valence-electron chi connectivity index (χ3n) is 7.01. The van der Waals surface area contributed by atoms with Gasteiger partial charge in [-0.25, -0.2) is 0 Å². The van der Waals surface area contributed by atoms with Gasteiger partial charge in [-0.3, -0.25) is 9.59 Å². The van der Waals surface area contributed by atoms with Crippen molar-refractivity contribution in [1.29, 1.82) is 0 Å². The van der Waals surface area contributed by atoms with E-state index in [1.165, 1.54) is 24.3 Å². The molecule has 0 saturated heterocycles. The number of phenols is 2. The minimum atomic E-state index is -1.44. The molecule has 0 spiro atoms. The summed E-state index contributed by atoms with van der Waals surface area (Å²) >= 11 is 0. The van der Waals surface area contributed by atoms with Crippen molar-refractivity contribution in [2.45, 2.75) is 50.0 Å². The van der Waals surface area contributed by atoms with Gasteiger partial charge in [-0.15, -0.1) is 0 Å². The maximum Gasteiger partial charge on any atom is 0.224 e. The predicted octanol–water partition coefficient (Wildman–Crippen LogP) is 3.06. The molecule has 0 unspecified atom stereocenters. The van der Waals surface area contributed by atoms with E-state index >= 15 is 0 Å². The lowest BCUT2D eigenvalue weighted by molar-refractivity contribution is -0.125. The minimum Gasteiger partial charge on any atom is -0.508 e. The molecule has 4 rings (SSSR count). The van der Waals surface area contributed by atoms with Crippen LogP contribution in [-0.4, -0.2) is 56.5 Å². The van der Waals surface area contributed by atoms with Crippen molar-refractivity contribution < 1.29 is 30.0 Å². The van der Waals surface area contributed by atoms with Crippen LogP contribution in [0.1, 0.15) is 22.3 Å². The minimum absolute atomic E-state index is 0.0311. The molecule has 0 bridgehead atoms. The number of amides is 2. The molecular weight excluding hydrogens is 532 g/mol. The molecule has 42 heavy (non-hydrogen) atoms. The summed E-state index contributed by atoms with van der Waals surface area (Å²) in [5.74, 6) is -0.691. The summed E-state index contributed by atoms with van der Waals surface area (Å²) in [5.41, 5.74) is 2.89. The molecule has 0 saturated carbocycles. The summed E-state index contributed by atoms with van der Waals surface area (Å²) in [7, 11) is 0. The summed E-state index contributed by atoms with van der Waals surface area (Å²) in [6.07, 6.45) is -2.46. The molecule has 6 N–H and O–H groups in total. The van der Waals surface area contributed by atoms with Gasteiger partial charge < -0.3 is 31.1 Å². The Kier molecular flexibility index (Phi) is 10.7. The van der Waals surface area contributed by atoms with Crippen molar-refractivity contribution in [3.63, 3.8) is 0 Å². The maximum absolute atomic E-state index is 13.0. The van der Waals surface area contributed by atoms with Gasteiger partial charge >= 0.3 is 0 Å². The molecule has 0 aliphatic rings. The topological polar surface area (TPSA) is 139 Å². The average Bonchev–Trinajstić information content (AvgIpc) is 2.97. The number of nitrogens with one attached hydrogen (secondary N) is 2. The molecule has 218 valence electrons. The molecule has 0 aromatic heterocycles. The van der Waals surface area contributed by atoms with Crippen LogP contribution in [0.3, 0.4) is 0 Å². The molecule has 4 aromatic rings. The first-order valence-electron chi connectivity index (χ1n) is 13.9. The number of phenolic OH excluding ortho intramolecular Hbond substituents is 2. The highest BCUT2D eigenvalue weighted by Crippen LogP contribution is 2.17. The molecule has 8 heteroatoms. The number of aliphatic hydroxyl groups is 2. The fraction of sp³-hybridized carbons (Fsp3) is 0.235. The molecule has 4 atom stereocenters. The fourth-order valence-corrected chi connectivity index (χ4v) is 4.95. The number of aliphatic hydroxyl groups excluding tert-OH is 2. The van der Waals surface area contributed by atoms with Crippen molar-refractivity contribution in [1.82, 2.24) is 10.6 Å². The van der Waals surface area contributed by atoms with Crippen LogP contribution >= 0.6 is 0 Å². The third-order valence-corrected chi connectivity index (χ3v) is 7.01. The second kappa shape index (κ2) is 14.8. The van der Waals surface area contributed by atoms with Gasteiger partial charge in [0.25, 0.3) is 0 Å². The first kappa shape index (κ1) is 30.3. The summed E-state index contributed by atoms with van der Waals surface area (Å²) in [4.78, 5) is 26.1. The van der Waals surface area contributed by atoms with Crippen LogP contribution in [0.25, 0.3) is 0 Å². The first-order chi connectivity index (χ1) is 20.3. The van der Waals surface area contributed by atoms with Crippen molar-refractivity contribution in [2.24, 2.45) is 0 Å². The zero-order valence-corrected chi connectivity index (χ0v) is 23.1. The first-order valence-corrected chi connectivity index (χ1v) is 13.9. The van der Waals surface area contributed by atoms with Crippen molar-refractivity contribution >= 4 is 11.8 Å². The number of benzene rings is 4. The highest BCUT2D eigenvalue weighted by molar-refractivity contribution is 5.79. The Balaban J connectivity index is 1.54. The Bertz CT molecular complexity index is 1340. The second-order valence-electron chi connectivity index (χ2n) is 10.4. The van der Waals surface area contributed by atoms with Crippen molar-refractivity contribution in [3.05, 3.63) is 131 Å². The van der Waals surface area contributed by atoms with Crippen LogP contribution in [0.5, 0.6) is 11.5 Å². The van der Waals surface area contributed by atoms with E-state index in [4.69, 9.17) is 0 Å². The average molecular weight is 569 g/mol. The van der Waals surface area contributed by atoms with Gasteiger partial charge in [-0.2, -0.15) is 0 Å². The molecule has 0 aliphatic carbocycles. The zero-order chi connectivity index (χ0) is 29.9. The highest BCUT2D eigenvalue weighted by atomic mass is 16.3. The van der Waals surface area contributed by atoms with E-state index < -0.39 is 24.3 Å². The quantitative estimate of drug-likeness (QED) is 0.147. The van der Waals surface area contributed by atoms with Crippen LogP contribution in [0, 0.1) is 0 Å². The van der Waals surface area contributed by atoms with Crippen LogP contribution < -0.4 is 10.6 Å². The standard InChI is InChI=1S/C34H36N2O6/c37-27-15-7-13-25(17-27)21-31(39)35-29(19-23-9-3-1-4-10-23)33(41)34(42)30(20-24-11-5-2-6-12-24)36-32(40)22-26-14-8-16-28(38)18-26/h1-18,29-30,33-34,37-38,41-42H,19-22H2,(H,35,39)(H,36,40)/t29-,30+,33-,34+. The monoisotopic (exact) mass is 568 g/mol. The SMILES string of the molecule is O=C(Cc1cccc(O)c1)N[C@@H](Cc1ccccc1)[C@H](O)[C@H](O)[C@@H](Cc1ccccc1)NC(=O)Cc1cccc(O)c1. The van der Waals surface area contributed by atoms with E-state index in [0.717, 1.165) is 11.1 Å². The zero-order valence-electron chi connectivity index (χ0n) is 23.1. The normalized spacial score (nSPS) is 13.9. The van der Waals surface area contributed by atoms with Gasteiger partial charge in [-0.05, 0) is 59.4 Å². The Morgan fingerprint density at radius 3 is 1.24 bits per heavy atom. The van der Waals surface area contributed by atoms with Crippen molar-refractivity contribution in [2.75, 3.05) is 0 Å². The van der Waals surface area contributed by atoms with Crippen LogP contribution in [-0.2, 0) is 35.3 Å². The number of carbonyl (C=O) groups is 2. The van der Waals surface area contributed by atoms with Gasteiger partial charge in [0.2, 0.25) is 11.8 Å². The van der Waals surface area contributed by atoms with Gasteiger partial charge in [0.15, 0.2) is 0 Å². The summed E-state index contributed by atoms with van der Waals surface area (Å²) in [6.45, 7) is 0. The van der Waals surface area contributed by atoms with Gasteiger partial charge in [0.1, 0.15) is 23.7 Å². The lowest BCUT2D eigenvalue weighted by atomic mass is 9.90. The lowest BCUT2D eigenvalue weighted by Crippen LogP contribution is -2.57. The van der Waals surface area contributed by atoms with E-state index in [0.29, 0.717) is 11.1 Å². The molecule has 8 nitrogen and oxygen atoms in total. The fourth-order valence-electron chi connectivity index (χ4n) is 4.95. The number of hydrogen-bond donors (Lipinski definition) is 6. The maximum atomic E-state index is 13.0. The van der Waals surface area contributed by atoms with Gasteiger partial charge in [-0.1, -0.05) is 84.9 Å². The number of rotatable bonds is 13. The third kappa shape index (κ3) is 9.19. The summed E-state index contributed by atoms with van der Waals surface area (Å²) < 4.78 is 0. The number of hydrogen-bond acceptors (Lipinski definition) is 6. The predicted molar refractivity (Wildman–Crippen MR) is 160 cm³/mol. The number of carbonyl (C=O) groups excluding carboxylic acids is 2. The van der Waals surface area contributed by atoms with E-state index in [-0.39, 0.29) is 49.0 Å². The molecule has 0 aliphatic heterocycles. The molecular formula is C34H36N2O6. The van der Waals surface area contributed by atoms with Crippen LogP contribution in [0.2, 0.25) is 0 Å². The van der Waals surface area contributed by atoms with Gasteiger partial charge in [0, 0.05) is 0 Å². The molecule has 2 amide bonds. The van der Waals surface area contributed by atoms with Gasteiger partial charge in [0.05, 0.1) is 24.9 Å². The number of aromatic hydroxyl groups is 2. The summed E-state index contributed by atoms with van der Waals surface area (Å²) in [5, 5.41) is 48.3. The largest absolute Gasteiger partial charge is 0.508 e. The Morgan fingerprint density at radius 2 is 0.881 bits per heavy atom. The van der Waals surface area contributed by atoms with E-state index in [1.807, 2.05) is 60.7 Å². The Labute approximate surface area is 245 Å². The molecule has 0 heterocycles. The van der Waals surface area contributed by atoms with Crippen LogP contribution in [0.15, 0.2) is 109 Å². The smallest absolute Gasteiger partial charge is 0.224 e. The lowest BCUT2D eigenvalue weighted by Gasteiger charge is -2.33. The molecule has 0 fully saturated rings. The van der Waals surface area contributed by atoms with E-state index in [1.54, 1.807) is 24.3 Å². The Morgan fingerprint density at radius 1 is 0.524 bits per heavy atom. The van der Waals surface area contributed by atoms with Crippen molar-refractivity contribution in [3.8, 4) is 11.5 Å². The Hall–Kier alpha value is -4.66. The highest BCUT2D eigenvalue weighted by Gasteiger charge is 2.34. The molecule has 4 aromatic carbocycles.